The minimum Gasteiger partial charge on any atom is -0.373 e. The highest BCUT2D eigenvalue weighted by Gasteiger charge is 2.24. The van der Waals surface area contributed by atoms with Gasteiger partial charge in [-0.2, -0.15) is 0 Å². The Morgan fingerprint density at radius 3 is 2.42 bits per heavy atom. The number of pyridine rings is 1. The van der Waals surface area contributed by atoms with E-state index in [1.165, 1.54) is 23.4 Å². The normalized spacial score (nSPS) is 15.0. The van der Waals surface area contributed by atoms with Crippen molar-refractivity contribution in [3.63, 3.8) is 0 Å². The average Bonchev–Trinajstić information content (AvgIpc) is 3.31. The fraction of sp³-hybridized carbons (Fsp3) is 0.250. The Morgan fingerprint density at radius 1 is 0.939 bits per heavy atom. The van der Waals surface area contributed by atoms with Gasteiger partial charge in [0.25, 0.3) is 0 Å². The van der Waals surface area contributed by atoms with Crippen molar-refractivity contribution in [2.45, 2.75) is 25.4 Å². The van der Waals surface area contributed by atoms with Crippen molar-refractivity contribution in [3.05, 3.63) is 96.6 Å². The molecule has 2 aromatic carbocycles. The minimum atomic E-state index is -0.216. The number of nitrogens with zero attached hydrogens (tertiary/aromatic N) is 3. The molecule has 0 unspecified atom stereocenters. The second-order valence-corrected chi connectivity index (χ2v) is 8.66. The first-order valence-electron chi connectivity index (χ1n) is 11.6. The van der Waals surface area contributed by atoms with Crippen LogP contribution in [0.15, 0.2) is 85.2 Å². The minimum absolute atomic E-state index is 0.216. The van der Waals surface area contributed by atoms with Gasteiger partial charge < -0.3 is 9.88 Å². The van der Waals surface area contributed by atoms with Crippen LogP contribution >= 0.6 is 0 Å². The van der Waals surface area contributed by atoms with Gasteiger partial charge in [0.1, 0.15) is 11.6 Å². The highest BCUT2D eigenvalue weighted by atomic mass is 19.1. The number of likely N-dealkylation sites (tertiary alicyclic amines) is 1. The van der Waals surface area contributed by atoms with Gasteiger partial charge in [0, 0.05) is 56.2 Å². The Balaban J connectivity index is 1.44. The lowest BCUT2D eigenvalue weighted by Gasteiger charge is -2.34. The van der Waals surface area contributed by atoms with Crippen molar-refractivity contribution in [1.29, 1.82) is 0 Å². The monoisotopic (exact) mass is 440 g/mol. The fourth-order valence-electron chi connectivity index (χ4n) is 4.83. The number of benzene rings is 2. The largest absolute Gasteiger partial charge is 0.373 e. The van der Waals surface area contributed by atoms with E-state index in [9.17, 15) is 4.39 Å². The molecule has 0 amide bonds. The summed E-state index contributed by atoms with van der Waals surface area (Å²) in [4.78, 5) is 6.94. The van der Waals surface area contributed by atoms with Crippen LogP contribution in [0.3, 0.4) is 0 Å². The summed E-state index contributed by atoms with van der Waals surface area (Å²) in [5, 5.41) is 3.15. The quantitative estimate of drug-likeness (QED) is 0.386. The van der Waals surface area contributed by atoms with Crippen LogP contribution in [0.2, 0.25) is 0 Å². The number of hydrogen-bond donors (Lipinski definition) is 1. The van der Waals surface area contributed by atoms with Gasteiger partial charge in [-0.25, -0.2) is 9.37 Å². The Morgan fingerprint density at radius 2 is 1.70 bits per heavy atom. The highest BCUT2D eigenvalue weighted by molar-refractivity contribution is 5.82. The van der Waals surface area contributed by atoms with Crippen molar-refractivity contribution in [3.8, 4) is 22.4 Å². The molecule has 1 fully saturated rings. The second-order valence-electron chi connectivity index (χ2n) is 8.66. The number of nitrogens with one attached hydrogen (secondary N) is 1. The molecule has 168 valence electrons. The average molecular weight is 441 g/mol. The first-order valence-corrected chi connectivity index (χ1v) is 11.6. The number of halogens is 1. The number of piperidine rings is 1. The third-order valence-corrected chi connectivity index (χ3v) is 6.56. The van der Waals surface area contributed by atoms with Crippen LogP contribution in [-0.2, 0) is 6.54 Å². The first kappa shape index (κ1) is 21.4. The van der Waals surface area contributed by atoms with Gasteiger partial charge in [0.05, 0.1) is 5.69 Å². The van der Waals surface area contributed by atoms with Crippen LogP contribution in [0, 0.1) is 5.82 Å². The number of rotatable bonds is 6. The van der Waals surface area contributed by atoms with Gasteiger partial charge in [0.15, 0.2) is 0 Å². The van der Waals surface area contributed by atoms with Gasteiger partial charge in [0.2, 0.25) is 0 Å². The molecule has 4 nitrogen and oxygen atoms in total. The highest BCUT2D eigenvalue weighted by Crippen LogP contribution is 2.38. The van der Waals surface area contributed by atoms with E-state index in [0.29, 0.717) is 6.04 Å². The molecule has 1 saturated heterocycles. The van der Waals surface area contributed by atoms with Crippen LogP contribution in [0.1, 0.15) is 24.4 Å². The molecule has 2 aromatic heterocycles. The zero-order valence-electron chi connectivity index (χ0n) is 18.9. The summed E-state index contributed by atoms with van der Waals surface area (Å²) in [6.07, 6.45) is 6.24. The SMILES string of the molecule is CNc1cc(-c2c(-c3ccc(F)cc3)ccn2C2CCN(Cc3ccccc3)CC2)ccn1. The number of anilines is 1. The van der Waals surface area contributed by atoms with Crippen molar-refractivity contribution in [1.82, 2.24) is 14.5 Å². The molecule has 0 bridgehead atoms. The summed E-state index contributed by atoms with van der Waals surface area (Å²) in [5.41, 5.74) is 5.80. The van der Waals surface area contributed by atoms with Crippen LogP contribution in [-0.4, -0.2) is 34.6 Å². The smallest absolute Gasteiger partial charge is 0.126 e. The van der Waals surface area contributed by atoms with Gasteiger partial charge in [-0.1, -0.05) is 42.5 Å². The molecule has 33 heavy (non-hydrogen) atoms. The summed E-state index contributed by atoms with van der Waals surface area (Å²) in [5.74, 6) is 0.620. The standard InChI is InChI=1S/C28H29FN4/c1-30-27-19-23(11-15-31-27)28-26(22-7-9-24(29)10-8-22)14-18-33(28)25-12-16-32(17-13-25)20-21-5-3-2-4-6-21/h2-11,14-15,18-19,25H,12-13,16-17,20H2,1H3,(H,30,31). The van der Waals surface area contributed by atoms with Gasteiger partial charge in [-0.3, -0.25) is 4.90 Å². The van der Waals surface area contributed by atoms with Crippen LogP contribution < -0.4 is 5.32 Å². The topological polar surface area (TPSA) is 33.1 Å². The number of hydrogen-bond acceptors (Lipinski definition) is 3. The van der Waals surface area contributed by atoms with E-state index < -0.39 is 0 Å². The lowest BCUT2D eigenvalue weighted by atomic mass is 9.99. The predicted octanol–water partition coefficient (Wildman–Crippen LogP) is 6.24. The fourth-order valence-corrected chi connectivity index (χ4v) is 4.83. The zero-order chi connectivity index (χ0) is 22.6. The third-order valence-electron chi connectivity index (χ3n) is 6.56. The summed E-state index contributed by atoms with van der Waals surface area (Å²) in [7, 11) is 1.88. The van der Waals surface area contributed by atoms with E-state index in [1.54, 1.807) is 0 Å². The van der Waals surface area contributed by atoms with Crippen molar-refractivity contribution < 1.29 is 4.39 Å². The summed E-state index contributed by atoms with van der Waals surface area (Å²) >= 11 is 0. The molecule has 0 spiro atoms. The van der Waals surface area contributed by atoms with E-state index >= 15 is 0 Å². The molecule has 1 aliphatic rings. The molecule has 5 heteroatoms. The molecule has 3 heterocycles. The molecule has 4 aromatic rings. The Labute approximate surface area is 194 Å². The maximum Gasteiger partial charge on any atom is 0.126 e. The van der Waals surface area contributed by atoms with Crippen LogP contribution in [0.4, 0.5) is 10.2 Å². The maximum atomic E-state index is 13.6. The van der Waals surface area contributed by atoms with Crippen molar-refractivity contribution in [2.24, 2.45) is 0 Å². The molecular formula is C28H29FN4. The molecular weight excluding hydrogens is 411 g/mol. The lowest BCUT2D eigenvalue weighted by Crippen LogP contribution is -2.34. The van der Waals surface area contributed by atoms with E-state index in [-0.39, 0.29) is 5.82 Å². The van der Waals surface area contributed by atoms with Crippen molar-refractivity contribution >= 4 is 5.82 Å². The number of aromatic nitrogens is 2. The van der Waals surface area contributed by atoms with E-state index in [1.807, 2.05) is 25.4 Å². The van der Waals surface area contributed by atoms with Gasteiger partial charge in [-0.05, 0) is 54.3 Å². The molecule has 5 rings (SSSR count). The van der Waals surface area contributed by atoms with Gasteiger partial charge >= 0.3 is 0 Å². The molecule has 1 aliphatic heterocycles. The maximum absolute atomic E-state index is 13.6. The first-order chi connectivity index (χ1) is 16.2. The molecule has 0 aliphatic carbocycles. The summed E-state index contributed by atoms with van der Waals surface area (Å²) in [6.45, 7) is 3.14. The molecule has 0 radical (unpaired) electrons. The molecule has 0 saturated carbocycles. The Hall–Kier alpha value is -3.44. The lowest BCUT2D eigenvalue weighted by molar-refractivity contribution is 0.180. The van der Waals surface area contributed by atoms with Crippen molar-refractivity contribution in [2.75, 3.05) is 25.5 Å². The predicted molar refractivity (Wildman–Crippen MR) is 133 cm³/mol. The summed E-state index contributed by atoms with van der Waals surface area (Å²) < 4.78 is 16.0. The molecule has 1 N–H and O–H groups in total. The second kappa shape index (κ2) is 9.59. The Kier molecular flexibility index (Phi) is 6.22. The molecule has 0 atom stereocenters. The summed E-state index contributed by atoms with van der Waals surface area (Å²) in [6, 6.07) is 24.2. The van der Waals surface area contributed by atoms with E-state index in [4.69, 9.17) is 0 Å². The van der Waals surface area contributed by atoms with Crippen LogP contribution in [0.5, 0.6) is 0 Å². The van der Waals surface area contributed by atoms with Gasteiger partial charge in [-0.15, -0.1) is 0 Å². The van der Waals surface area contributed by atoms with Crippen LogP contribution in [0.25, 0.3) is 22.4 Å². The third kappa shape index (κ3) is 4.69. The van der Waals surface area contributed by atoms with E-state index in [2.05, 4.69) is 74.5 Å². The van der Waals surface area contributed by atoms with E-state index in [0.717, 1.165) is 55.0 Å². The zero-order valence-corrected chi connectivity index (χ0v) is 18.9. The Bertz CT molecular complexity index is 1190.